The van der Waals surface area contributed by atoms with Crippen LogP contribution in [0.5, 0.6) is 0 Å². The van der Waals surface area contributed by atoms with Gasteiger partial charge in [-0.25, -0.2) is 9.48 Å². The monoisotopic (exact) mass is 396 g/mol. The Morgan fingerprint density at radius 1 is 1.15 bits per heavy atom. The number of anilines is 1. The molecule has 2 N–H and O–H groups in total. The zero-order chi connectivity index (χ0) is 19.4. The number of amides is 2. The molecule has 0 saturated heterocycles. The Kier molecular flexibility index (Phi) is 5.26. The number of tetrazole rings is 1. The van der Waals surface area contributed by atoms with Crippen molar-refractivity contribution in [1.82, 2.24) is 25.5 Å². The molecule has 7 nitrogen and oxygen atoms in total. The van der Waals surface area contributed by atoms with Crippen molar-refractivity contribution < 1.29 is 18.0 Å². The maximum absolute atomic E-state index is 12.8. The van der Waals surface area contributed by atoms with Gasteiger partial charge in [0.25, 0.3) is 0 Å². The van der Waals surface area contributed by atoms with Crippen molar-refractivity contribution in [2.45, 2.75) is 12.7 Å². The highest BCUT2D eigenvalue weighted by Gasteiger charge is 2.33. The number of hydrogen-bond acceptors (Lipinski definition) is 4. The summed E-state index contributed by atoms with van der Waals surface area (Å²) in [7, 11) is 0. The number of nitrogens with one attached hydrogen (secondary N) is 2. The second-order valence-electron chi connectivity index (χ2n) is 5.42. The predicted octanol–water partition coefficient (Wildman–Crippen LogP) is 3.66. The summed E-state index contributed by atoms with van der Waals surface area (Å²) in [6.45, 7) is 0.182. The maximum Gasteiger partial charge on any atom is 0.417 e. The van der Waals surface area contributed by atoms with E-state index in [-0.39, 0.29) is 12.2 Å². The van der Waals surface area contributed by atoms with Crippen molar-refractivity contribution >= 4 is 23.3 Å². The van der Waals surface area contributed by atoms with Crippen LogP contribution in [0.4, 0.5) is 23.7 Å². The highest BCUT2D eigenvalue weighted by atomic mass is 35.5. The lowest BCUT2D eigenvalue weighted by Gasteiger charge is -2.12. The van der Waals surface area contributed by atoms with Gasteiger partial charge in [-0.2, -0.15) is 13.2 Å². The molecule has 0 aliphatic rings. The van der Waals surface area contributed by atoms with Crippen molar-refractivity contribution in [2.75, 3.05) is 5.32 Å². The smallest absolute Gasteiger partial charge is 0.334 e. The van der Waals surface area contributed by atoms with E-state index < -0.39 is 22.8 Å². The fourth-order valence-corrected chi connectivity index (χ4v) is 2.45. The molecule has 2 amide bonds. The molecule has 0 aliphatic carbocycles. The minimum absolute atomic E-state index is 0.0155. The lowest BCUT2D eigenvalue weighted by molar-refractivity contribution is -0.137. The van der Waals surface area contributed by atoms with Gasteiger partial charge in [0, 0.05) is 12.2 Å². The van der Waals surface area contributed by atoms with Crippen LogP contribution in [-0.4, -0.2) is 26.2 Å². The van der Waals surface area contributed by atoms with E-state index in [1.807, 2.05) is 0 Å². The normalized spacial score (nSPS) is 11.3. The van der Waals surface area contributed by atoms with E-state index in [2.05, 4.69) is 26.2 Å². The number of urea groups is 1. The quantitative estimate of drug-likeness (QED) is 0.705. The zero-order valence-corrected chi connectivity index (χ0v) is 14.3. The molecule has 1 heterocycles. The first-order chi connectivity index (χ1) is 12.8. The van der Waals surface area contributed by atoms with Crippen LogP contribution in [0.15, 0.2) is 48.8 Å². The zero-order valence-electron chi connectivity index (χ0n) is 13.5. The van der Waals surface area contributed by atoms with Gasteiger partial charge in [-0.1, -0.05) is 23.7 Å². The van der Waals surface area contributed by atoms with Crippen molar-refractivity contribution in [3.8, 4) is 5.69 Å². The first kappa shape index (κ1) is 18.6. The first-order valence-corrected chi connectivity index (χ1v) is 7.94. The Bertz CT molecular complexity index is 928. The van der Waals surface area contributed by atoms with E-state index in [1.54, 1.807) is 24.3 Å². The summed E-state index contributed by atoms with van der Waals surface area (Å²) in [4.78, 5) is 11.9. The van der Waals surface area contributed by atoms with Crippen molar-refractivity contribution in [3.05, 3.63) is 64.9 Å². The number of halogens is 4. The maximum atomic E-state index is 12.8. The van der Waals surface area contributed by atoms with Crippen LogP contribution in [0, 0.1) is 0 Å². The molecule has 0 unspecified atom stereocenters. The van der Waals surface area contributed by atoms with Crippen LogP contribution in [0.3, 0.4) is 0 Å². The van der Waals surface area contributed by atoms with E-state index in [0.717, 1.165) is 23.4 Å². The van der Waals surface area contributed by atoms with Crippen LogP contribution >= 0.6 is 11.6 Å². The Balaban J connectivity index is 1.58. The van der Waals surface area contributed by atoms with Gasteiger partial charge in [0.05, 0.1) is 16.3 Å². The highest BCUT2D eigenvalue weighted by molar-refractivity contribution is 6.31. The molecule has 140 valence electrons. The SMILES string of the molecule is O=C(NCc1ccc(-n2cnnn2)cc1)Nc1ccc(Cl)c(C(F)(F)F)c1. The fourth-order valence-electron chi connectivity index (χ4n) is 2.22. The van der Waals surface area contributed by atoms with Crippen molar-refractivity contribution in [2.24, 2.45) is 0 Å². The van der Waals surface area contributed by atoms with Gasteiger partial charge in [-0.3, -0.25) is 0 Å². The lowest BCUT2D eigenvalue weighted by Crippen LogP contribution is -2.28. The predicted molar refractivity (Wildman–Crippen MR) is 91.5 cm³/mol. The van der Waals surface area contributed by atoms with Crippen LogP contribution in [0.1, 0.15) is 11.1 Å². The van der Waals surface area contributed by atoms with E-state index in [4.69, 9.17) is 11.6 Å². The average molecular weight is 397 g/mol. The molecular formula is C16H12ClF3N6O. The van der Waals surface area contributed by atoms with Gasteiger partial charge >= 0.3 is 12.2 Å². The van der Waals surface area contributed by atoms with Gasteiger partial charge in [-0.05, 0) is 46.3 Å². The summed E-state index contributed by atoms with van der Waals surface area (Å²) in [5.41, 5.74) is 0.501. The van der Waals surface area contributed by atoms with Crippen LogP contribution in [-0.2, 0) is 12.7 Å². The van der Waals surface area contributed by atoms with Crippen LogP contribution in [0.25, 0.3) is 5.69 Å². The van der Waals surface area contributed by atoms with Crippen molar-refractivity contribution in [3.63, 3.8) is 0 Å². The van der Waals surface area contributed by atoms with Gasteiger partial charge < -0.3 is 10.6 Å². The third kappa shape index (κ3) is 4.73. The number of hydrogen-bond donors (Lipinski definition) is 2. The van der Waals surface area contributed by atoms with Crippen LogP contribution < -0.4 is 10.6 Å². The van der Waals surface area contributed by atoms with Gasteiger partial charge in [0.15, 0.2) is 0 Å². The third-order valence-electron chi connectivity index (χ3n) is 3.53. The molecule has 0 bridgehead atoms. The van der Waals surface area contributed by atoms with E-state index in [0.29, 0.717) is 0 Å². The summed E-state index contributed by atoms with van der Waals surface area (Å²) in [5.74, 6) is 0. The summed E-state index contributed by atoms with van der Waals surface area (Å²) in [6, 6.07) is 9.57. The second kappa shape index (κ2) is 7.62. The molecule has 3 aromatic rings. The topological polar surface area (TPSA) is 84.7 Å². The largest absolute Gasteiger partial charge is 0.417 e. The summed E-state index contributed by atoms with van der Waals surface area (Å²) in [6.07, 6.45) is -3.16. The van der Waals surface area contributed by atoms with Gasteiger partial charge in [0.1, 0.15) is 6.33 Å². The van der Waals surface area contributed by atoms with Crippen LogP contribution in [0.2, 0.25) is 5.02 Å². The fraction of sp³-hybridized carbons (Fsp3) is 0.125. The third-order valence-corrected chi connectivity index (χ3v) is 3.86. The molecule has 2 aromatic carbocycles. The number of alkyl halides is 3. The minimum Gasteiger partial charge on any atom is -0.334 e. The molecular weight excluding hydrogens is 385 g/mol. The molecule has 1 aromatic heterocycles. The first-order valence-electron chi connectivity index (χ1n) is 7.57. The van der Waals surface area contributed by atoms with E-state index in [9.17, 15) is 18.0 Å². The molecule has 0 saturated carbocycles. The minimum atomic E-state index is -4.60. The average Bonchev–Trinajstić information content (AvgIpc) is 3.16. The molecule has 0 aliphatic heterocycles. The second-order valence-corrected chi connectivity index (χ2v) is 5.83. The summed E-state index contributed by atoms with van der Waals surface area (Å²) < 4.78 is 40.0. The molecule has 0 atom stereocenters. The number of carbonyl (C=O) groups is 1. The lowest BCUT2D eigenvalue weighted by atomic mass is 10.2. The summed E-state index contributed by atoms with van der Waals surface area (Å²) >= 11 is 5.55. The Labute approximate surface area is 156 Å². The Morgan fingerprint density at radius 2 is 1.89 bits per heavy atom. The number of rotatable bonds is 4. The van der Waals surface area contributed by atoms with E-state index in [1.165, 1.54) is 17.1 Å². The number of benzene rings is 2. The van der Waals surface area contributed by atoms with Gasteiger partial charge in [-0.15, -0.1) is 5.10 Å². The number of carbonyl (C=O) groups excluding carboxylic acids is 1. The molecule has 0 fully saturated rings. The summed E-state index contributed by atoms with van der Waals surface area (Å²) in [5, 5.41) is 15.3. The molecule has 0 radical (unpaired) electrons. The highest BCUT2D eigenvalue weighted by Crippen LogP contribution is 2.36. The number of aromatic nitrogens is 4. The molecule has 27 heavy (non-hydrogen) atoms. The Hall–Kier alpha value is -3.14. The molecule has 3 rings (SSSR count). The van der Waals surface area contributed by atoms with E-state index >= 15 is 0 Å². The molecule has 0 spiro atoms. The van der Waals surface area contributed by atoms with Crippen molar-refractivity contribution in [1.29, 1.82) is 0 Å². The Morgan fingerprint density at radius 3 is 2.52 bits per heavy atom. The standard InChI is InChI=1S/C16H12ClF3N6O/c17-14-6-3-11(7-13(14)16(18,19)20)23-15(27)21-8-10-1-4-12(5-2-10)26-9-22-24-25-26/h1-7,9H,8H2,(H2,21,23,27). The molecule has 11 heteroatoms. The van der Waals surface area contributed by atoms with Gasteiger partial charge in [0.2, 0.25) is 0 Å². The number of nitrogens with zero attached hydrogens (tertiary/aromatic N) is 4.